The Hall–Kier alpha value is -1.96. The van der Waals surface area contributed by atoms with Gasteiger partial charge in [0.15, 0.2) is 5.78 Å². The van der Waals surface area contributed by atoms with Crippen LogP contribution in [0.5, 0.6) is 0 Å². The third-order valence-corrected chi connectivity index (χ3v) is 4.97. The number of carbonyl (C=O) groups excluding carboxylic acids is 1. The molecule has 4 rings (SSSR count). The van der Waals surface area contributed by atoms with Gasteiger partial charge in [-0.2, -0.15) is 0 Å². The zero-order chi connectivity index (χ0) is 14.6. The second-order valence-electron chi connectivity index (χ2n) is 6.13. The average Bonchev–Trinajstić information content (AvgIpc) is 2.51. The van der Waals surface area contributed by atoms with Crippen LogP contribution >= 0.6 is 0 Å². The van der Waals surface area contributed by atoms with Crippen molar-refractivity contribution in [3.05, 3.63) is 69.5 Å². The lowest BCUT2D eigenvalue weighted by atomic mass is 9.73. The Morgan fingerprint density at radius 1 is 1.14 bits per heavy atom. The summed E-state index contributed by atoms with van der Waals surface area (Å²) in [5, 5.41) is 0. The number of aryl methyl sites for hydroxylation is 1. The highest BCUT2D eigenvalue weighted by Crippen LogP contribution is 2.41. The normalized spacial score (nSPS) is 19.7. The lowest BCUT2D eigenvalue weighted by molar-refractivity contribution is 0.103. The lowest BCUT2D eigenvalue weighted by Gasteiger charge is -2.30. The first-order valence-corrected chi connectivity index (χ1v) is 7.66. The van der Waals surface area contributed by atoms with Crippen molar-refractivity contribution in [1.82, 2.24) is 0 Å². The van der Waals surface area contributed by atoms with E-state index < -0.39 is 0 Å². The SMILES string of the molecule is CC1c2ccccc2C(=O)c2c3c(cc(F)c21)CCCC3. The maximum absolute atomic E-state index is 14.6. The van der Waals surface area contributed by atoms with Crippen molar-refractivity contribution in [1.29, 1.82) is 0 Å². The summed E-state index contributed by atoms with van der Waals surface area (Å²) in [7, 11) is 0. The predicted octanol–water partition coefficient (Wildman–Crippen LogP) is 4.40. The standard InChI is InChI=1S/C19H17FO/c1-11-13-7-4-5-9-15(13)19(21)18-14-8-3-2-6-12(14)10-16(20)17(11)18/h4-5,7,9-11H,2-3,6,8H2,1H3. The van der Waals surface area contributed by atoms with Gasteiger partial charge >= 0.3 is 0 Å². The van der Waals surface area contributed by atoms with Crippen LogP contribution in [0.25, 0.3) is 0 Å². The van der Waals surface area contributed by atoms with Gasteiger partial charge in [0.2, 0.25) is 0 Å². The van der Waals surface area contributed by atoms with Crippen molar-refractivity contribution < 1.29 is 9.18 Å². The maximum Gasteiger partial charge on any atom is 0.194 e. The van der Waals surface area contributed by atoms with Crippen LogP contribution in [0, 0.1) is 5.82 Å². The molecule has 106 valence electrons. The molecule has 0 aliphatic heterocycles. The molecule has 2 heteroatoms. The summed E-state index contributed by atoms with van der Waals surface area (Å²) in [4.78, 5) is 12.9. The zero-order valence-corrected chi connectivity index (χ0v) is 12.1. The molecular weight excluding hydrogens is 263 g/mol. The van der Waals surface area contributed by atoms with Crippen LogP contribution < -0.4 is 0 Å². The van der Waals surface area contributed by atoms with Crippen molar-refractivity contribution in [3.8, 4) is 0 Å². The molecule has 0 bridgehead atoms. The van der Waals surface area contributed by atoms with E-state index in [-0.39, 0.29) is 17.5 Å². The summed E-state index contributed by atoms with van der Waals surface area (Å²) < 4.78 is 14.6. The van der Waals surface area contributed by atoms with Gasteiger partial charge in [0, 0.05) is 22.6 Å². The molecule has 1 unspecified atom stereocenters. The molecule has 0 saturated carbocycles. The average molecular weight is 280 g/mol. The fraction of sp³-hybridized carbons (Fsp3) is 0.316. The summed E-state index contributed by atoms with van der Waals surface area (Å²) in [5.41, 5.74) is 5.11. The first kappa shape index (κ1) is 12.8. The Morgan fingerprint density at radius 2 is 1.90 bits per heavy atom. The minimum absolute atomic E-state index is 0.0105. The molecule has 0 radical (unpaired) electrons. The third kappa shape index (κ3) is 1.71. The second kappa shape index (κ2) is 4.52. The van der Waals surface area contributed by atoms with Gasteiger partial charge in [-0.1, -0.05) is 31.2 Å². The van der Waals surface area contributed by atoms with Crippen molar-refractivity contribution in [2.24, 2.45) is 0 Å². The molecule has 2 aliphatic rings. The van der Waals surface area contributed by atoms with Gasteiger partial charge in [0.05, 0.1) is 0 Å². The highest BCUT2D eigenvalue weighted by molar-refractivity contribution is 6.13. The first-order valence-electron chi connectivity index (χ1n) is 7.66. The van der Waals surface area contributed by atoms with Crippen LogP contribution in [0.3, 0.4) is 0 Å². The van der Waals surface area contributed by atoms with E-state index in [1.165, 1.54) is 0 Å². The zero-order valence-electron chi connectivity index (χ0n) is 12.1. The summed E-state index contributed by atoms with van der Waals surface area (Å²) in [6, 6.07) is 9.30. The molecule has 0 spiro atoms. The molecule has 2 aliphatic carbocycles. The Balaban J connectivity index is 2.04. The van der Waals surface area contributed by atoms with E-state index in [4.69, 9.17) is 0 Å². The maximum atomic E-state index is 14.6. The number of ketones is 1. The number of hydrogen-bond acceptors (Lipinski definition) is 1. The van der Waals surface area contributed by atoms with Crippen LogP contribution in [0.15, 0.2) is 30.3 Å². The van der Waals surface area contributed by atoms with E-state index in [0.29, 0.717) is 11.1 Å². The minimum atomic E-state index is -0.207. The van der Waals surface area contributed by atoms with Crippen LogP contribution in [-0.2, 0) is 12.8 Å². The van der Waals surface area contributed by atoms with Crippen molar-refractivity contribution in [3.63, 3.8) is 0 Å². The van der Waals surface area contributed by atoms with Crippen molar-refractivity contribution in [2.75, 3.05) is 0 Å². The van der Waals surface area contributed by atoms with E-state index in [1.807, 2.05) is 31.2 Å². The van der Waals surface area contributed by atoms with Crippen molar-refractivity contribution >= 4 is 5.78 Å². The van der Waals surface area contributed by atoms with E-state index in [1.54, 1.807) is 6.07 Å². The summed E-state index contributed by atoms with van der Waals surface area (Å²) in [6.45, 7) is 2.00. The Bertz CT molecular complexity index is 760. The van der Waals surface area contributed by atoms with E-state index in [2.05, 4.69) is 0 Å². The van der Waals surface area contributed by atoms with Crippen LogP contribution in [-0.4, -0.2) is 5.78 Å². The molecule has 0 aromatic heterocycles. The Kier molecular flexibility index (Phi) is 2.75. The molecule has 0 saturated heterocycles. The fourth-order valence-electron chi connectivity index (χ4n) is 3.94. The fourth-order valence-corrected chi connectivity index (χ4v) is 3.94. The van der Waals surface area contributed by atoms with Crippen LogP contribution in [0.1, 0.15) is 63.9 Å². The van der Waals surface area contributed by atoms with Crippen LogP contribution in [0.4, 0.5) is 4.39 Å². The molecule has 0 heterocycles. The number of carbonyl (C=O) groups is 1. The highest BCUT2D eigenvalue weighted by Gasteiger charge is 2.34. The smallest absolute Gasteiger partial charge is 0.194 e. The van der Waals surface area contributed by atoms with Crippen LogP contribution in [0.2, 0.25) is 0 Å². The van der Waals surface area contributed by atoms with Gasteiger partial charge in [-0.15, -0.1) is 0 Å². The number of hydrogen-bond donors (Lipinski definition) is 0. The molecule has 2 aromatic carbocycles. The first-order chi connectivity index (χ1) is 10.2. The molecule has 21 heavy (non-hydrogen) atoms. The molecular formula is C19H17FO. The van der Waals surface area contributed by atoms with Crippen molar-refractivity contribution in [2.45, 2.75) is 38.5 Å². The lowest BCUT2D eigenvalue weighted by Crippen LogP contribution is -2.23. The second-order valence-corrected chi connectivity index (χ2v) is 6.13. The molecule has 0 fully saturated rings. The Morgan fingerprint density at radius 3 is 2.76 bits per heavy atom. The van der Waals surface area contributed by atoms with Gasteiger partial charge in [-0.3, -0.25) is 4.79 Å². The quantitative estimate of drug-likeness (QED) is 0.699. The van der Waals surface area contributed by atoms with Gasteiger partial charge in [0.1, 0.15) is 5.82 Å². The third-order valence-electron chi connectivity index (χ3n) is 4.97. The van der Waals surface area contributed by atoms with Gasteiger partial charge in [-0.05, 0) is 48.4 Å². The monoisotopic (exact) mass is 280 g/mol. The topological polar surface area (TPSA) is 17.1 Å². The van der Waals surface area contributed by atoms with E-state index in [9.17, 15) is 9.18 Å². The minimum Gasteiger partial charge on any atom is -0.289 e. The van der Waals surface area contributed by atoms with E-state index >= 15 is 0 Å². The van der Waals surface area contributed by atoms with Gasteiger partial charge < -0.3 is 0 Å². The summed E-state index contributed by atoms with van der Waals surface area (Å²) in [5.74, 6) is -0.251. The van der Waals surface area contributed by atoms with Gasteiger partial charge in [0.25, 0.3) is 0 Å². The molecule has 0 amide bonds. The molecule has 1 nitrogen and oxygen atoms in total. The number of fused-ring (bicyclic) bond motifs is 4. The number of halogens is 1. The van der Waals surface area contributed by atoms with E-state index in [0.717, 1.165) is 47.9 Å². The Labute approximate surface area is 123 Å². The molecule has 2 aromatic rings. The summed E-state index contributed by atoms with van der Waals surface area (Å²) >= 11 is 0. The number of benzene rings is 2. The number of rotatable bonds is 0. The highest BCUT2D eigenvalue weighted by atomic mass is 19.1. The largest absolute Gasteiger partial charge is 0.289 e. The molecule has 1 atom stereocenters. The predicted molar refractivity (Wildman–Crippen MR) is 80.4 cm³/mol. The van der Waals surface area contributed by atoms with Gasteiger partial charge in [-0.25, -0.2) is 4.39 Å². The summed E-state index contributed by atoms with van der Waals surface area (Å²) in [6.07, 6.45) is 3.97. The molecule has 0 N–H and O–H groups in total.